The molecule has 2 N–H and O–H groups in total. The van der Waals surface area contributed by atoms with Crippen molar-refractivity contribution in [3.63, 3.8) is 0 Å². The third kappa shape index (κ3) is 5.52. The summed E-state index contributed by atoms with van der Waals surface area (Å²) in [6.07, 6.45) is 6.98. The Kier molecular flexibility index (Phi) is 8.07. The lowest BCUT2D eigenvalue weighted by Crippen LogP contribution is -2.38. The lowest BCUT2D eigenvalue weighted by atomic mass is 10.2. The van der Waals surface area contributed by atoms with Gasteiger partial charge < -0.3 is 15.1 Å². The van der Waals surface area contributed by atoms with Crippen LogP contribution in [0.1, 0.15) is 32.6 Å². The Balaban J connectivity index is 2.82. The quantitative estimate of drug-likeness (QED) is 0.436. The van der Waals surface area contributed by atoms with Gasteiger partial charge in [0.25, 0.3) is 0 Å². The minimum atomic E-state index is 0.135. The van der Waals surface area contributed by atoms with Crippen LogP contribution in [0.25, 0.3) is 0 Å². The summed E-state index contributed by atoms with van der Waals surface area (Å²) < 4.78 is 5.57. The highest BCUT2D eigenvalue weighted by molar-refractivity contribution is 5.80. The van der Waals surface area contributed by atoms with Crippen molar-refractivity contribution in [2.45, 2.75) is 26.8 Å². The molecule has 0 aliphatic heterocycles. The maximum Gasteiger partial charge on any atom is 0.192 e. The second kappa shape index (κ2) is 9.89. The second-order valence-electron chi connectivity index (χ2n) is 4.53. The van der Waals surface area contributed by atoms with Crippen LogP contribution in [0, 0.1) is 12.3 Å². The first kappa shape index (κ1) is 17.1. The van der Waals surface area contributed by atoms with Gasteiger partial charge in [-0.1, -0.05) is 19.8 Å². The van der Waals surface area contributed by atoms with Gasteiger partial charge in [0.15, 0.2) is 5.96 Å². The van der Waals surface area contributed by atoms with Gasteiger partial charge in [-0.2, -0.15) is 0 Å². The summed E-state index contributed by atoms with van der Waals surface area (Å²) in [6.45, 7) is 10.1. The zero-order valence-electron chi connectivity index (χ0n) is 13.2. The van der Waals surface area contributed by atoms with Crippen LogP contribution in [0.4, 0.5) is 0 Å². The number of nitrogens with one attached hydrogen (secondary N) is 2. The lowest BCUT2D eigenvalue weighted by molar-refractivity contribution is 0.198. The number of hydrogen-bond donors (Lipinski definition) is 2. The van der Waals surface area contributed by atoms with E-state index in [1.54, 1.807) is 6.26 Å². The summed E-state index contributed by atoms with van der Waals surface area (Å²) in [5, 5.41) is 6.29. The number of hydrogen-bond acceptors (Lipinski definition) is 3. The summed E-state index contributed by atoms with van der Waals surface area (Å²) in [5.41, 5.74) is 0. The van der Waals surface area contributed by atoms with E-state index in [-0.39, 0.29) is 6.04 Å². The molecule has 0 aliphatic carbocycles. The van der Waals surface area contributed by atoms with Gasteiger partial charge in [-0.05, 0) is 32.1 Å². The lowest BCUT2D eigenvalue weighted by Gasteiger charge is -2.27. The number of aliphatic imine (C=N–C) groups is 1. The van der Waals surface area contributed by atoms with E-state index in [0.29, 0.717) is 13.1 Å². The van der Waals surface area contributed by atoms with Crippen LogP contribution >= 0.6 is 0 Å². The monoisotopic (exact) mass is 290 g/mol. The average molecular weight is 290 g/mol. The van der Waals surface area contributed by atoms with E-state index in [2.05, 4.69) is 40.3 Å². The maximum absolute atomic E-state index is 5.57. The Morgan fingerprint density at radius 3 is 2.67 bits per heavy atom. The molecule has 1 rings (SSSR count). The molecular weight excluding hydrogens is 264 g/mol. The van der Waals surface area contributed by atoms with Crippen molar-refractivity contribution in [2.24, 2.45) is 4.99 Å². The molecule has 0 aliphatic rings. The molecule has 116 valence electrons. The average Bonchev–Trinajstić information content (AvgIpc) is 3.02. The van der Waals surface area contributed by atoms with Crippen LogP contribution in [0.2, 0.25) is 0 Å². The van der Waals surface area contributed by atoms with Crippen LogP contribution in [-0.4, -0.2) is 43.6 Å². The molecule has 1 heterocycles. The minimum absolute atomic E-state index is 0.135. The van der Waals surface area contributed by atoms with E-state index in [9.17, 15) is 0 Å². The number of furan rings is 1. The van der Waals surface area contributed by atoms with E-state index >= 15 is 0 Å². The van der Waals surface area contributed by atoms with Crippen LogP contribution < -0.4 is 10.6 Å². The van der Waals surface area contributed by atoms with Gasteiger partial charge >= 0.3 is 0 Å². The van der Waals surface area contributed by atoms with Crippen molar-refractivity contribution in [1.29, 1.82) is 0 Å². The Morgan fingerprint density at radius 1 is 1.38 bits per heavy atom. The Labute approximate surface area is 127 Å². The van der Waals surface area contributed by atoms with E-state index in [0.717, 1.165) is 31.4 Å². The summed E-state index contributed by atoms with van der Waals surface area (Å²) in [5.74, 6) is 4.23. The van der Waals surface area contributed by atoms with E-state index in [1.807, 2.05) is 19.1 Å². The smallest absolute Gasteiger partial charge is 0.192 e. The normalized spacial score (nSPS) is 13.0. The number of rotatable bonds is 8. The van der Waals surface area contributed by atoms with Gasteiger partial charge in [-0.15, -0.1) is 6.42 Å². The van der Waals surface area contributed by atoms with Crippen LogP contribution in [0.3, 0.4) is 0 Å². The topological polar surface area (TPSA) is 52.8 Å². The van der Waals surface area contributed by atoms with Gasteiger partial charge in [-0.3, -0.25) is 9.89 Å². The van der Waals surface area contributed by atoms with Gasteiger partial charge in [0, 0.05) is 6.54 Å². The van der Waals surface area contributed by atoms with Crippen molar-refractivity contribution < 1.29 is 4.42 Å². The summed E-state index contributed by atoms with van der Waals surface area (Å²) in [7, 11) is 0. The molecule has 0 fully saturated rings. The summed E-state index contributed by atoms with van der Waals surface area (Å²) in [4.78, 5) is 6.95. The van der Waals surface area contributed by atoms with Gasteiger partial charge in [0.05, 0.1) is 25.4 Å². The Bertz CT molecular complexity index is 443. The highest BCUT2D eigenvalue weighted by atomic mass is 16.3. The van der Waals surface area contributed by atoms with Crippen LogP contribution in [0.15, 0.2) is 27.8 Å². The molecule has 5 nitrogen and oxygen atoms in total. The van der Waals surface area contributed by atoms with Gasteiger partial charge in [-0.25, -0.2) is 0 Å². The molecule has 1 aromatic rings. The molecule has 0 bridgehead atoms. The zero-order chi connectivity index (χ0) is 15.5. The number of guanidine groups is 1. The number of likely N-dealkylation sites (N-methyl/N-ethyl adjacent to an activating group) is 1. The van der Waals surface area contributed by atoms with E-state index < -0.39 is 0 Å². The molecule has 1 aromatic heterocycles. The predicted octanol–water partition coefficient (Wildman–Crippen LogP) is 1.85. The molecule has 1 unspecified atom stereocenters. The molecular formula is C16H26N4O. The fraction of sp³-hybridized carbons (Fsp3) is 0.562. The van der Waals surface area contributed by atoms with Crippen LogP contribution in [-0.2, 0) is 0 Å². The van der Waals surface area contributed by atoms with Gasteiger partial charge in [0.2, 0.25) is 0 Å². The first-order valence-corrected chi connectivity index (χ1v) is 7.49. The molecule has 0 spiro atoms. The standard InChI is InChI=1S/C16H26N4O/c1-5-11-18-16(17-6-2)19-13-14(20(7-3)8-4)15-10-9-12-21-15/h1,9-10,12,14H,6-8,11,13H2,2-4H3,(H2,17,18,19). The van der Waals surface area contributed by atoms with Crippen molar-refractivity contribution in [2.75, 3.05) is 32.7 Å². The molecule has 0 aromatic carbocycles. The SMILES string of the molecule is C#CCNC(=NCC(c1ccco1)N(CC)CC)NCC. The fourth-order valence-electron chi connectivity index (χ4n) is 2.18. The number of nitrogens with zero attached hydrogens (tertiary/aromatic N) is 2. The van der Waals surface area contributed by atoms with Crippen molar-refractivity contribution in [3.05, 3.63) is 24.2 Å². The molecule has 5 heteroatoms. The Hall–Kier alpha value is -1.93. The molecule has 0 amide bonds. The second-order valence-corrected chi connectivity index (χ2v) is 4.53. The molecule has 0 saturated heterocycles. The summed E-state index contributed by atoms with van der Waals surface area (Å²) >= 11 is 0. The van der Waals surface area contributed by atoms with Crippen molar-refractivity contribution >= 4 is 5.96 Å². The fourth-order valence-corrected chi connectivity index (χ4v) is 2.18. The van der Waals surface area contributed by atoms with E-state index in [4.69, 9.17) is 10.8 Å². The molecule has 0 saturated carbocycles. The highest BCUT2D eigenvalue weighted by Gasteiger charge is 2.20. The van der Waals surface area contributed by atoms with Crippen molar-refractivity contribution in [3.8, 4) is 12.3 Å². The first-order chi connectivity index (χ1) is 10.3. The largest absolute Gasteiger partial charge is 0.468 e. The molecule has 0 radical (unpaired) electrons. The third-order valence-electron chi connectivity index (χ3n) is 3.25. The first-order valence-electron chi connectivity index (χ1n) is 7.49. The van der Waals surface area contributed by atoms with Crippen molar-refractivity contribution in [1.82, 2.24) is 15.5 Å². The van der Waals surface area contributed by atoms with Gasteiger partial charge in [0.1, 0.15) is 5.76 Å². The summed E-state index contributed by atoms with van der Waals surface area (Å²) in [6, 6.07) is 4.05. The predicted molar refractivity (Wildman–Crippen MR) is 87.2 cm³/mol. The third-order valence-corrected chi connectivity index (χ3v) is 3.25. The maximum atomic E-state index is 5.57. The van der Waals surface area contributed by atoms with E-state index in [1.165, 1.54) is 0 Å². The van der Waals surface area contributed by atoms with Crippen LogP contribution in [0.5, 0.6) is 0 Å². The zero-order valence-corrected chi connectivity index (χ0v) is 13.2. The Morgan fingerprint density at radius 2 is 2.14 bits per heavy atom. The number of terminal acetylenes is 1. The molecule has 21 heavy (non-hydrogen) atoms. The minimum Gasteiger partial charge on any atom is -0.468 e. The highest BCUT2D eigenvalue weighted by Crippen LogP contribution is 2.21. The molecule has 1 atom stereocenters.